The van der Waals surface area contributed by atoms with Crippen LogP contribution in [0.15, 0.2) is 0 Å². The first kappa shape index (κ1) is 14.5. The summed E-state index contributed by atoms with van der Waals surface area (Å²) in [5.41, 5.74) is 0. The minimum Gasteiger partial charge on any atom is -0.303 e. The van der Waals surface area contributed by atoms with Crippen LogP contribution < -0.4 is 5.32 Å². The minimum absolute atomic E-state index is 0.00802. The van der Waals surface area contributed by atoms with Gasteiger partial charge in [0, 0.05) is 12.6 Å². The number of rotatable bonds is 4. The highest BCUT2D eigenvalue weighted by atomic mass is 16.2. The molecule has 4 nitrogen and oxygen atoms in total. The Bertz CT molecular complexity index is 343. The van der Waals surface area contributed by atoms with Crippen molar-refractivity contribution in [1.82, 2.24) is 10.2 Å². The Balaban J connectivity index is 1.89. The van der Waals surface area contributed by atoms with Crippen LogP contribution in [0.25, 0.3) is 0 Å². The van der Waals surface area contributed by atoms with Crippen molar-refractivity contribution in [1.29, 1.82) is 0 Å². The van der Waals surface area contributed by atoms with Gasteiger partial charge in [0.05, 0.1) is 12.5 Å². The van der Waals surface area contributed by atoms with Crippen molar-refractivity contribution < 1.29 is 9.59 Å². The Morgan fingerprint density at radius 2 is 2.00 bits per heavy atom. The first-order chi connectivity index (χ1) is 9.11. The molecule has 2 fully saturated rings. The molecule has 108 valence electrons. The van der Waals surface area contributed by atoms with Crippen molar-refractivity contribution >= 4 is 11.8 Å². The number of hydrogen-bond acceptors (Lipinski definition) is 3. The summed E-state index contributed by atoms with van der Waals surface area (Å²) in [6.07, 6.45) is 7.20. The van der Waals surface area contributed by atoms with Crippen molar-refractivity contribution in [2.45, 2.75) is 70.9 Å². The van der Waals surface area contributed by atoms with Crippen LogP contribution in [0.5, 0.6) is 0 Å². The summed E-state index contributed by atoms with van der Waals surface area (Å²) in [4.78, 5) is 25.4. The molecule has 0 aromatic rings. The Morgan fingerprint density at radius 1 is 1.21 bits per heavy atom. The van der Waals surface area contributed by atoms with Gasteiger partial charge in [0.25, 0.3) is 0 Å². The zero-order chi connectivity index (χ0) is 13.8. The van der Waals surface area contributed by atoms with Gasteiger partial charge in [0.15, 0.2) is 0 Å². The highest BCUT2D eigenvalue weighted by Crippen LogP contribution is 2.24. The second-order valence-electron chi connectivity index (χ2n) is 6.12. The van der Waals surface area contributed by atoms with Gasteiger partial charge >= 0.3 is 0 Å². The third-order valence-electron chi connectivity index (χ3n) is 4.39. The zero-order valence-electron chi connectivity index (χ0n) is 12.2. The molecule has 0 spiro atoms. The van der Waals surface area contributed by atoms with E-state index in [1.54, 1.807) is 0 Å². The van der Waals surface area contributed by atoms with Crippen LogP contribution in [0.3, 0.4) is 0 Å². The summed E-state index contributed by atoms with van der Waals surface area (Å²) in [6, 6.07) is 0.144. The minimum atomic E-state index is -0.266. The van der Waals surface area contributed by atoms with E-state index in [-0.39, 0.29) is 17.9 Å². The van der Waals surface area contributed by atoms with Crippen LogP contribution in [-0.2, 0) is 9.59 Å². The molecule has 0 radical (unpaired) electrons. The maximum absolute atomic E-state index is 12.2. The Kier molecular flexibility index (Phi) is 4.97. The number of carbonyl (C=O) groups is 2. The van der Waals surface area contributed by atoms with Crippen molar-refractivity contribution in [3.05, 3.63) is 0 Å². The van der Waals surface area contributed by atoms with Crippen molar-refractivity contribution in [3.63, 3.8) is 0 Å². The fraction of sp³-hybridized carbons (Fsp3) is 0.867. The molecule has 0 bridgehead atoms. The molecule has 1 saturated carbocycles. The lowest BCUT2D eigenvalue weighted by Crippen LogP contribution is -2.43. The number of nitrogens with zero attached hydrogens (tertiary/aromatic N) is 1. The topological polar surface area (TPSA) is 49.4 Å². The molecular formula is C15H26N2O2. The lowest BCUT2D eigenvalue weighted by atomic mass is 10.0. The van der Waals surface area contributed by atoms with Gasteiger partial charge in [0.1, 0.15) is 0 Å². The highest BCUT2D eigenvalue weighted by molar-refractivity contribution is 6.05. The molecule has 0 aromatic heterocycles. The second-order valence-corrected chi connectivity index (χ2v) is 6.12. The molecule has 2 rings (SSSR count). The van der Waals surface area contributed by atoms with Gasteiger partial charge < -0.3 is 5.32 Å². The van der Waals surface area contributed by atoms with Gasteiger partial charge in [-0.25, -0.2) is 0 Å². The van der Waals surface area contributed by atoms with Crippen LogP contribution >= 0.6 is 0 Å². The molecule has 0 aromatic carbocycles. The van der Waals surface area contributed by atoms with E-state index in [0.29, 0.717) is 19.0 Å². The van der Waals surface area contributed by atoms with Gasteiger partial charge in [-0.15, -0.1) is 0 Å². The van der Waals surface area contributed by atoms with E-state index in [2.05, 4.69) is 12.2 Å². The van der Waals surface area contributed by atoms with E-state index in [0.717, 1.165) is 25.2 Å². The zero-order valence-corrected chi connectivity index (χ0v) is 12.2. The third-order valence-corrected chi connectivity index (χ3v) is 4.39. The van der Waals surface area contributed by atoms with Gasteiger partial charge in [-0.1, -0.05) is 26.7 Å². The first-order valence-electron chi connectivity index (χ1n) is 7.72. The Morgan fingerprint density at radius 3 is 2.74 bits per heavy atom. The quantitative estimate of drug-likeness (QED) is 0.626. The van der Waals surface area contributed by atoms with Crippen LogP contribution in [0.1, 0.15) is 58.8 Å². The SMILES string of the molecule is CCCN1C(=O)CC(NC2CCCC(C)CC2)C1=O. The lowest BCUT2D eigenvalue weighted by Gasteiger charge is -2.20. The molecule has 1 aliphatic heterocycles. The van der Waals surface area contributed by atoms with Gasteiger partial charge in [-0.05, 0) is 31.6 Å². The van der Waals surface area contributed by atoms with Crippen molar-refractivity contribution in [3.8, 4) is 0 Å². The number of nitrogens with one attached hydrogen (secondary N) is 1. The van der Waals surface area contributed by atoms with E-state index in [1.807, 2.05) is 6.92 Å². The number of carbonyl (C=O) groups excluding carboxylic acids is 2. The van der Waals surface area contributed by atoms with E-state index in [9.17, 15) is 9.59 Å². The summed E-state index contributed by atoms with van der Waals surface area (Å²) >= 11 is 0. The maximum Gasteiger partial charge on any atom is 0.246 e. The molecule has 19 heavy (non-hydrogen) atoms. The highest BCUT2D eigenvalue weighted by Gasteiger charge is 2.38. The molecule has 1 saturated heterocycles. The Labute approximate surface area is 115 Å². The third kappa shape index (κ3) is 3.56. The van der Waals surface area contributed by atoms with E-state index in [1.165, 1.54) is 24.2 Å². The fourth-order valence-electron chi connectivity index (χ4n) is 3.21. The summed E-state index contributed by atoms with van der Waals surface area (Å²) < 4.78 is 0. The molecule has 1 N–H and O–H groups in total. The maximum atomic E-state index is 12.2. The van der Waals surface area contributed by atoms with Gasteiger partial charge in [-0.3, -0.25) is 14.5 Å². The number of likely N-dealkylation sites (tertiary alicyclic amines) is 1. The lowest BCUT2D eigenvalue weighted by molar-refractivity contribution is -0.138. The monoisotopic (exact) mass is 266 g/mol. The largest absolute Gasteiger partial charge is 0.303 e. The standard InChI is InChI=1S/C15H26N2O2/c1-3-9-17-14(18)10-13(15(17)19)16-12-6-4-5-11(2)7-8-12/h11-13,16H,3-10H2,1-2H3. The predicted octanol–water partition coefficient (Wildman–Crippen LogP) is 2.08. The predicted molar refractivity (Wildman–Crippen MR) is 74.6 cm³/mol. The molecule has 3 atom stereocenters. The molecule has 2 amide bonds. The smallest absolute Gasteiger partial charge is 0.246 e. The van der Waals surface area contributed by atoms with E-state index in [4.69, 9.17) is 0 Å². The van der Waals surface area contributed by atoms with Crippen LogP contribution in [0.4, 0.5) is 0 Å². The van der Waals surface area contributed by atoms with Crippen molar-refractivity contribution in [2.24, 2.45) is 5.92 Å². The van der Waals surface area contributed by atoms with Crippen LogP contribution in [0, 0.1) is 5.92 Å². The fourth-order valence-corrected chi connectivity index (χ4v) is 3.21. The van der Waals surface area contributed by atoms with Crippen molar-refractivity contribution in [2.75, 3.05) is 6.54 Å². The molecule has 2 aliphatic rings. The van der Waals surface area contributed by atoms with E-state index < -0.39 is 0 Å². The van der Waals surface area contributed by atoms with Crippen LogP contribution in [-0.4, -0.2) is 35.3 Å². The van der Waals surface area contributed by atoms with Gasteiger partial charge in [0.2, 0.25) is 11.8 Å². The van der Waals surface area contributed by atoms with Gasteiger partial charge in [-0.2, -0.15) is 0 Å². The summed E-state index contributed by atoms with van der Waals surface area (Å²) in [5.74, 6) is 0.778. The summed E-state index contributed by atoms with van der Waals surface area (Å²) in [6.45, 7) is 4.86. The van der Waals surface area contributed by atoms with E-state index >= 15 is 0 Å². The summed E-state index contributed by atoms with van der Waals surface area (Å²) in [5, 5.41) is 3.43. The number of imide groups is 1. The average Bonchev–Trinajstić information content (AvgIpc) is 2.55. The average molecular weight is 266 g/mol. The normalized spacial score (nSPS) is 32.7. The molecule has 4 heteroatoms. The molecule has 3 unspecified atom stereocenters. The number of hydrogen-bond donors (Lipinski definition) is 1. The second kappa shape index (κ2) is 6.51. The molecule has 1 heterocycles. The first-order valence-corrected chi connectivity index (χ1v) is 7.72. The van der Waals surface area contributed by atoms with Crippen LogP contribution in [0.2, 0.25) is 0 Å². The Hall–Kier alpha value is -0.900. The molecule has 1 aliphatic carbocycles. The molecular weight excluding hydrogens is 240 g/mol. The summed E-state index contributed by atoms with van der Waals surface area (Å²) in [7, 11) is 0. The number of amides is 2.